The molecule has 1 N–H and O–H groups in total. The third-order valence-electron chi connectivity index (χ3n) is 3.52. The summed E-state index contributed by atoms with van der Waals surface area (Å²) in [6.07, 6.45) is 3.66. The van der Waals surface area contributed by atoms with Gasteiger partial charge in [-0.25, -0.2) is 0 Å². The number of aryl methyl sites for hydroxylation is 1. The molecule has 0 aliphatic heterocycles. The van der Waals surface area contributed by atoms with E-state index in [1.807, 2.05) is 26.4 Å². The zero-order valence-electron chi connectivity index (χ0n) is 11.7. The normalized spacial score (nSPS) is 12.5. The molecule has 0 spiro atoms. The van der Waals surface area contributed by atoms with Crippen molar-refractivity contribution in [3.05, 3.63) is 71.8 Å². The van der Waals surface area contributed by atoms with Gasteiger partial charge in [0.2, 0.25) is 0 Å². The number of fused-ring (bicyclic) bond motifs is 1. The third-order valence-corrected chi connectivity index (χ3v) is 3.52. The van der Waals surface area contributed by atoms with E-state index in [9.17, 15) is 0 Å². The molecule has 3 nitrogen and oxygen atoms in total. The van der Waals surface area contributed by atoms with Crippen molar-refractivity contribution in [2.75, 3.05) is 7.05 Å². The Morgan fingerprint density at radius 1 is 0.950 bits per heavy atom. The minimum atomic E-state index is 0.0502. The van der Waals surface area contributed by atoms with E-state index in [1.165, 1.54) is 16.3 Å². The molecule has 0 fully saturated rings. The predicted octanol–water partition coefficient (Wildman–Crippen LogP) is 3.25. The van der Waals surface area contributed by atoms with E-state index >= 15 is 0 Å². The molecule has 0 aliphatic carbocycles. The molecule has 3 aromatic rings. The van der Waals surface area contributed by atoms with Gasteiger partial charge in [-0.3, -0.25) is 9.97 Å². The van der Waals surface area contributed by atoms with E-state index in [0.717, 1.165) is 11.4 Å². The van der Waals surface area contributed by atoms with Crippen LogP contribution in [0, 0.1) is 6.92 Å². The van der Waals surface area contributed by atoms with Crippen LogP contribution in [0.4, 0.5) is 0 Å². The second kappa shape index (κ2) is 5.39. The van der Waals surface area contributed by atoms with Crippen LogP contribution in [0.2, 0.25) is 0 Å². The van der Waals surface area contributed by atoms with Gasteiger partial charge < -0.3 is 5.32 Å². The second-order valence-electron chi connectivity index (χ2n) is 4.87. The van der Waals surface area contributed by atoms with Crippen LogP contribution in [0.3, 0.4) is 0 Å². The molecular formula is C17H17N3. The molecule has 0 aliphatic rings. The smallest absolute Gasteiger partial charge is 0.0801 e. The highest BCUT2D eigenvalue weighted by Gasteiger charge is 2.16. The maximum Gasteiger partial charge on any atom is 0.0801 e. The third kappa shape index (κ3) is 2.28. The first-order valence-electron chi connectivity index (χ1n) is 6.73. The Labute approximate surface area is 118 Å². The molecule has 1 unspecified atom stereocenters. The van der Waals surface area contributed by atoms with Gasteiger partial charge in [-0.15, -0.1) is 0 Å². The standard InChI is InChI=1S/C17H17N3/c1-12-10-20-16(11-19-12)17(18-2)15-9-5-7-13-6-3-4-8-14(13)15/h3-11,17-18H,1-2H3. The topological polar surface area (TPSA) is 37.8 Å². The minimum Gasteiger partial charge on any atom is -0.308 e. The van der Waals surface area contributed by atoms with Gasteiger partial charge in [0.1, 0.15) is 0 Å². The average molecular weight is 263 g/mol. The first-order chi connectivity index (χ1) is 9.79. The Hall–Kier alpha value is -2.26. The highest BCUT2D eigenvalue weighted by molar-refractivity contribution is 5.86. The SMILES string of the molecule is CNC(c1cnc(C)cn1)c1cccc2ccccc12. The van der Waals surface area contributed by atoms with Crippen LogP contribution in [-0.4, -0.2) is 17.0 Å². The number of hydrogen-bond donors (Lipinski definition) is 1. The Bertz CT molecular complexity index is 714. The monoisotopic (exact) mass is 263 g/mol. The quantitative estimate of drug-likeness (QED) is 0.788. The summed E-state index contributed by atoms with van der Waals surface area (Å²) in [6.45, 7) is 1.95. The van der Waals surface area contributed by atoms with Gasteiger partial charge >= 0.3 is 0 Å². The highest BCUT2D eigenvalue weighted by atomic mass is 14.9. The predicted molar refractivity (Wildman–Crippen MR) is 81.6 cm³/mol. The summed E-state index contributed by atoms with van der Waals surface area (Å²) in [5.41, 5.74) is 3.10. The summed E-state index contributed by atoms with van der Waals surface area (Å²) in [7, 11) is 1.95. The molecule has 0 radical (unpaired) electrons. The molecule has 0 amide bonds. The number of benzene rings is 2. The molecule has 1 heterocycles. The largest absolute Gasteiger partial charge is 0.308 e. The lowest BCUT2D eigenvalue weighted by Crippen LogP contribution is -2.19. The van der Waals surface area contributed by atoms with Crippen molar-refractivity contribution >= 4 is 10.8 Å². The van der Waals surface area contributed by atoms with Gasteiger partial charge in [0.25, 0.3) is 0 Å². The minimum absolute atomic E-state index is 0.0502. The van der Waals surface area contributed by atoms with Gasteiger partial charge in [0.15, 0.2) is 0 Å². The number of nitrogens with zero attached hydrogens (tertiary/aromatic N) is 2. The lowest BCUT2D eigenvalue weighted by atomic mass is 9.97. The summed E-state index contributed by atoms with van der Waals surface area (Å²) < 4.78 is 0. The van der Waals surface area contributed by atoms with Crippen LogP contribution in [0.15, 0.2) is 54.9 Å². The van der Waals surface area contributed by atoms with Gasteiger partial charge in [0, 0.05) is 6.20 Å². The van der Waals surface area contributed by atoms with E-state index in [4.69, 9.17) is 0 Å². The average Bonchev–Trinajstić information content (AvgIpc) is 2.50. The Kier molecular flexibility index (Phi) is 3.44. The van der Waals surface area contributed by atoms with Crippen LogP contribution in [0.25, 0.3) is 10.8 Å². The molecular weight excluding hydrogens is 246 g/mol. The number of nitrogens with one attached hydrogen (secondary N) is 1. The molecule has 1 atom stereocenters. The van der Waals surface area contributed by atoms with Crippen molar-refractivity contribution in [1.82, 2.24) is 15.3 Å². The van der Waals surface area contributed by atoms with Crippen LogP contribution in [0.1, 0.15) is 23.0 Å². The van der Waals surface area contributed by atoms with Crippen LogP contribution >= 0.6 is 0 Å². The molecule has 0 bridgehead atoms. The van der Waals surface area contributed by atoms with E-state index in [1.54, 1.807) is 0 Å². The van der Waals surface area contributed by atoms with Crippen LogP contribution in [0.5, 0.6) is 0 Å². The Morgan fingerprint density at radius 3 is 2.50 bits per heavy atom. The molecule has 3 heteroatoms. The van der Waals surface area contributed by atoms with Crippen molar-refractivity contribution in [2.24, 2.45) is 0 Å². The molecule has 1 aromatic heterocycles. The fourth-order valence-electron chi connectivity index (χ4n) is 2.52. The Balaban J connectivity index is 2.14. The summed E-state index contributed by atoms with van der Waals surface area (Å²) in [6, 6.07) is 14.8. The van der Waals surface area contributed by atoms with Crippen molar-refractivity contribution < 1.29 is 0 Å². The van der Waals surface area contributed by atoms with E-state index < -0.39 is 0 Å². The van der Waals surface area contributed by atoms with Crippen molar-refractivity contribution in [3.63, 3.8) is 0 Å². The number of hydrogen-bond acceptors (Lipinski definition) is 3. The van der Waals surface area contributed by atoms with Gasteiger partial charge in [0.05, 0.1) is 23.6 Å². The van der Waals surface area contributed by atoms with Gasteiger partial charge in [-0.1, -0.05) is 42.5 Å². The van der Waals surface area contributed by atoms with Crippen LogP contribution < -0.4 is 5.32 Å². The van der Waals surface area contributed by atoms with Crippen molar-refractivity contribution in [2.45, 2.75) is 13.0 Å². The summed E-state index contributed by atoms with van der Waals surface area (Å²) in [5, 5.41) is 5.83. The number of rotatable bonds is 3. The molecule has 0 saturated heterocycles. The van der Waals surface area contributed by atoms with Crippen molar-refractivity contribution in [1.29, 1.82) is 0 Å². The van der Waals surface area contributed by atoms with E-state index in [-0.39, 0.29) is 6.04 Å². The Morgan fingerprint density at radius 2 is 1.75 bits per heavy atom. The first-order valence-corrected chi connectivity index (χ1v) is 6.73. The van der Waals surface area contributed by atoms with E-state index in [2.05, 4.69) is 57.7 Å². The second-order valence-corrected chi connectivity index (χ2v) is 4.87. The molecule has 0 saturated carbocycles. The summed E-state index contributed by atoms with van der Waals surface area (Å²) in [5.74, 6) is 0. The van der Waals surface area contributed by atoms with Gasteiger partial charge in [-0.2, -0.15) is 0 Å². The summed E-state index contributed by atoms with van der Waals surface area (Å²) >= 11 is 0. The lowest BCUT2D eigenvalue weighted by molar-refractivity contribution is 0.670. The molecule has 2 aromatic carbocycles. The molecule has 3 rings (SSSR count). The molecule has 20 heavy (non-hydrogen) atoms. The fourth-order valence-corrected chi connectivity index (χ4v) is 2.52. The lowest BCUT2D eigenvalue weighted by Gasteiger charge is -2.18. The highest BCUT2D eigenvalue weighted by Crippen LogP contribution is 2.27. The molecule has 100 valence electrons. The maximum atomic E-state index is 4.51. The zero-order chi connectivity index (χ0) is 13.9. The summed E-state index contributed by atoms with van der Waals surface area (Å²) in [4.78, 5) is 8.86. The van der Waals surface area contributed by atoms with E-state index in [0.29, 0.717) is 0 Å². The first kappa shape index (κ1) is 12.8. The van der Waals surface area contributed by atoms with Crippen LogP contribution in [-0.2, 0) is 0 Å². The number of aromatic nitrogens is 2. The maximum absolute atomic E-state index is 4.51. The zero-order valence-corrected chi connectivity index (χ0v) is 11.7. The van der Waals surface area contributed by atoms with Gasteiger partial charge in [-0.05, 0) is 30.3 Å². The fraction of sp³-hybridized carbons (Fsp3) is 0.176. The van der Waals surface area contributed by atoms with Crippen molar-refractivity contribution in [3.8, 4) is 0 Å².